The SMILES string of the molecule is CCN(C)c1nc(N)c(C(=O)N2CCC(C(N)=O)CC2)s1. The molecule has 0 unspecified atom stereocenters. The van der Waals surface area contributed by atoms with E-state index >= 15 is 0 Å². The van der Waals surface area contributed by atoms with Crippen LogP contribution in [0.5, 0.6) is 0 Å². The number of rotatable bonds is 4. The van der Waals surface area contributed by atoms with E-state index in [0.717, 1.165) is 11.7 Å². The van der Waals surface area contributed by atoms with Crippen LogP contribution in [0.4, 0.5) is 10.9 Å². The van der Waals surface area contributed by atoms with Crippen LogP contribution in [0.25, 0.3) is 0 Å². The Morgan fingerprint density at radius 3 is 2.57 bits per heavy atom. The molecule has 1 saturated heterocycles. The minimum Gasteiger partial charge on any atom is -0.382 e. The van der Waals surface area contributed by atoms with Crippen molar-refractivity contribution in [2.24, 2.45) is 11.7 Å². The first kappa shape index (κ1) is 15.6. The molecule has 1 aliphatic rings. The highest BCUT2D eigenvalue weighted by Gasteiger charge is 2.29. The Labute approximate surface area is 127 Å². The van der Waals surface area contributed by atoms with Gasteiger partial charge in [0.2, 0.25) is 5.91 Å². The lowest BCUT2D eigenvalue weighted by molar-refractivity contribution is -0.123. The lowest BCUT2D eigenvalue weighted by Gasteiger charge is -2.30. The Morgan fingerprint density at radius 2 is 2.05 bits per heavy atom. The molecule has 0 saturated carbocycles. The molecule has 1 aliphatic heterocycles. The number of anilines is 2. The molecule has 21 heavy (non-hydrogen) atoms. The second-order valence-electron chi connectivity index (χ2n) is 5.19. The molecule has 1 aromatic heterocycles. The molecule has 0 radical (unpaired) electrons. The minimum absolute atomic E-state index is 0.108. The van der Waals surface area contributed by atoms with Gasteiger partial charge in [-0.2, -0.15) is 0 Å². The van der Waals surface area contributed by atoms with E-state index in [2.05, 4.69) is 4.98 Å². The van der Waals surface area contributed by atoms with Crippen LogP contribution in [0.15, 0.2) is 0 Å². The van der Waals surface area contributed by atoms with E-state index in [1.54, 1.807) is 4.90 Å². The van der Waals surface area contributed by atoms with Gasteiger partial charge < -0.3 is 21.3 Å². The van der Waals surface area contributed by atoms with Gasteiger partial charge in [-0.25, -0.2) is 4.98 Å². The van der Waals surface area contributed by atoms with Gasteiger partial charge in [0.15, 0.2) is 5.13 Å². The summed E-state index contributed by atoms with van der Waals surface area (Å²) >= 11 is 1.31. The molecule has 8 heteroatoms. The minimum atomic E-state index is -0.286. The number of piperidine rings is 1. The summed E-state index contributed by atoms with van der Waals surface area (Å²) in [6.07, 6.45) is 1.23. The van der Waals surface area contributed by atoms with E-state index in [-0.39, 0.29) is 23.6 Å². The van der Waals surface area contributed by atoms with Gasteiger partial charge in [0.05, 0.1) is 0 Å². The maximum atomic E-state index is 12.5. The van der Waals surface area contributed by atoms with Crippen molar-refractivity contribution < 1.29 is 9.59 Å². The van der Waals surface area contributed by atoms with Crippen molar-refractivity contribution in [1.82, 2.24) is 9.88 Å². The van der Waals surface area contributed by atoms with Crippen LogP contribution in [0.2, 0.25) is 0 Å². The first-order chi connectivity index (χ1) is 9.93. The monoisotopic (exact) mass is 311 g/mol. The summed E-state index contributed by atoms with van der Waals surface area (Å²) in [5.41, 5.74) is 11.2. The van der Waals surface area contributed by atoms with Gasteiger partial charge in [0.1, 0.15) is 10.7 Å². The van der Waals surface area contributed by atoms with Crippen LogP contribution < -0.4 is 16.4 Å². The van der Waals surface area contributed by atoms with Gasteiger partial charge in [-0.3, -0.25) is 9.59 Å². The maximum Gasteiger partial charge on any atom is 0.267 e. The second kappa shape index (κ2) is 6.30. The molecular formula is C13H21N5O2S. The van der Waals surface area contributed by atoms with Gasteiger partial charge in [-0.1, -0.05) is 11.3 Å². The fourth-order valence-corrected chi connectivity index (χ4v) is 3.26. The van der Waals surface area contributed by atoms with Crippen LogP contribution in [0.3, 0.4) is 0 Å². The predicted octanol–water partition coefficient (Wildman–Crippen LogP) is 0.519. The number of likely N-dealkylation sites (tertiary alicyclic amines) is 1. The number of thiazole rings is 1. The Kier molecular flexibility index (Phi) is 4.66. The highest BCUT2D eigenvalue weighted by molar-refractivity contribution is 7.18. The van der Waals surface area contributed by atoms with E-state index in [0.29, 0.717) is 30.8 Å². The third-order valence-corrected chi connectivity index (χ3v) is 5.00. The fraction of sp³-hybridized carbons (Fsp3) is 0.615. The molecule has 0 aromatic carbocycles. The summed E-state index contributed by atoms with van der Waals surface area (Å²) in [4.78, 5) is 32.0. The van der Waals surface area contributed by atoms with Crippen LogP contribution in [0.1, 0.15) is 29.4 Å². The van der Waals surface area contributed by atoms with Crippen molar-refractivity contribution >= 4 is 34.1 Å². The number of hydrogen-bond acceptors (Lipinski definition) is 6. The van der Waals surface area contributed by atoms with E-state index in [4.69, 9.17) is 11.5 Å². The maximum absolute atomic E-state index is 12.5. The number of carbonyl (C=O) groups excluding carboxylic acids is 2. The number of aromatic nitrogens is 1. The number of nitrogens with two attached hydrogens (primary N) is 2. The number of carbonyl (C=O) groups is 2. The van der Waals surface area contributed by atoms with Crippen LogP contribution in [0, 0.1) is 5.92 Å². The molecule has 1 aromatic rings. The number of hydrogen-bond donors (Lipinski definition) is 2. The lowest BCUT2D eigenvalue weighted by atomic mass is 9.96. The first-order valence-electron chi connectivity index (χ1n) is 7.00. The highest BCUT2D eigenvalue weighted by Crippen LogP contribution is 2.29. The topological polar surface area (TPSA) is 106 Å². The van der Waals surface area contributed by atoms with Gasteiger partial charge in [-0.15, -0.1) is 0 Å². The third-order valence-electron chi connectivity index (χ3n) is 3.82. The summed E-state index contributed by atoms with van der Waals surface area (Å²) in [6.45, 7) is 3.86. The molecule has 0 bridgehead atoms. The smallest absolute Gasteiger partial charge is 0.267 e. The zero-order valence-corrected chi connectivity index (χ0v) is 13.2. The summed E-state index contributed by atoms with van der Waals surface area (Å²) in [6, 6.07) is 0. The zero-order chi connectivity index (χ0) is 15.6. The largest absolute Gasteiger partial charge is 0.382 e. The zero-order valence-electron chi connectivity index (χ0n) is 12.3. The predicted molar refractivity (Wildman–Crippen MR) is 83.3 cm³/mol. The van der Waals surface area contributed by atoms with Crippen molar-refractivity contribution in [3.8, 4) is 0 Å². The van der Waals surface area contributed by atoms with Gasteiger partial charge in [0.25, 0.3) is 5.91 Å². The molecule has 2 rings (SSSR count). The van der Waals surface area contributed by atoms with E-state index < -0.39 is 0 Å². The van der Waals surface area contributed by atoms with Crippen molar-refractivity contribution in [2.45, 2.75) is 19.8 Å². The standard InChI is InChI=1S/C13H21N5O2S/c1-3-17(2)13-16-10(14)9(21-13)12(20)18-6-4-8(5-7-18)11(15)19/h8H,3-7,14H2,1-2H3,(H2,15,19). The average Bonchev–Trinajstić information content (AvgIpc) is 2.87. The number of primary amides is 1. The summed E-state index contributed by atoms with van der Waals surface area (Å²) in [5, 5.41) is 0.741. The van der Waals surface area contributed by atoms with Crippen molar-refractivity contribution in [3.05, 3.63) is 4.88 Å². The molecule has 116 valence electrons. The quantitative estimate of drug-likeness (QED) is 0.843. The Morgan fingerprint density at radius 1 is 1.43 bits per heavy atom. The van der Waals surface area contributed by atoms with Crippen LogP contribution in [-0.4, -0.2) is 48.4 Å². The van der Waals surface area contributed by atoms with Crippen molar-refractivity contribution in [2.75, 3.05) is 37.3 Å². The second-order valence-corrected chi connectivity index (χ2v) is 6.17. The van der Waals surface area contributed by atoms with Gasteiger partial charge >= 0.3 is 0 Å². The Bertz CT molecular complexity index is 537. The Hall–Kier alpha value is -1.83. The molecule has 7 nitrogen and oxygen atoms in total. The van der Waals surface area contributed by atoms with E-state index in [1.807, 2.05) is 18.9 Å². The molecule has 0 aliphatic carbocycles. The molecule has 0 spiro atoms. The van der Waals surface area contributed by atoms with Crippen molar-refractivity contribution in [1.29, 1.82) is 0 Å². The number of nitrogen functional groups attached to an aromatic ring is 1. The number of nitrogens with zero attached hydrogens (tertiary/aromatic N) is 3. The van der Waals surface area contributed by atoms with Crippen molar-refractivity contribution in [3.63, 3.8) is 0 Å². The normalized spacial score (nSPS) is 16.0. The highest BCUT2D eigenvalue weighted by atomic mass is 32.1. The molecule has 2 amide bonds. The summed E-state index contributed by atoms with van der Waals surface area (Å²) in [7, 11) is 1.91. The molecule has 4 N–H and O–H groups in total. The molecule has 0 atom stereocenters. The number of amides is 2. The molecular weight excluding hydrogens is 290 g/mol. The lowest BCUT2D eigenvalue weighted by Crippen LogP contribution is -2.41. The van der Waals surface area contributed by atoms with Gasteiger partial charge in [0, 0.05) is 32.6 Å². The van der Waals surface area contributed by atoms with Crippen LogP contribution >= 0.6 is 11.3 Å². The Balaban J connectivity index is 2.07. The molecule has 1 fully saturated rings. The molecule has 2 heterocycles. The average molecular weight is 311 g/mol. The fourth-order valence-electron chi connectivity index (χ4n) is 2.28. The van der Waals surface area contributed by atoms with Crippen LogP contribution in [-0.2, 0) is 4.79 Å². The van der Waals surface area contributed by atoms with Gasteiger partial charge in [-0.05, 0) is 19.8 Å². The summed E-state index contributed by atoms with van der Waals surface area (Å²) in [5.74, 6) is -0.248. The first-order valence-corrected chi connectivity index (χ1v) is 7.81. The van der Waals surface area contributed by atoms with E-state index in [9.17, 15) is 9.59 Å². The third kappa shape index (κ3) is 3.26. The summed E-state index contributed by atoms with van der Waals surface area (Å²) < 4.78 is 0. The van der Waals surface area contributed by atoms with E-state index in [1.165, 1.54) is 11.3 Å².